The van der Waals surface area contributed by atoms with E-state index in [0.717, 1.165) is 5.56 Å². The van der Waals surface area contributed by atoms with Crippen molar-refractivity contribution in [1.82, 2.24) is 9.97 Å². The van der Waals surface area contributed by atoms with Gasteiger partial charge < -0.3 is 16.5 Å². The van der Waals surface area contributed by atoms with Crippen LogP contribution in [-0.2, 0) is 9.84 Å². The highest BCUT2D eigenvalue weighted by molar-refractivity contribution is 7.90. The van der Waals surface area contributed by atoms with Crippen molar-refractivity contribution in [3.05, 3.63) is 36.4 Å². The van der Waals surface area contributed by atoms with Crippen LogP contribution in [0.15, 0.2) is 41.3 Å². The van der Waals surface area contributed by atoms with Gasteiger partial charge in [0.05, 0.1) is 15.9 Å². The predicted molar refractivity (Wildman–Crippen MR) is 83.5 cm³/mol. The highest BCUT2D eigenvalue weighted by Crippen LogP contribution is 2.26. The van der Waals surface area contributed by atoms with Gasteiger partial charge in [0.2, 0.25) is 0 Å². The largest absolute Gasteiger partial charge is 0.399 e. The Kier molecular flexibility index (Phi) is 2.87. The van der Waals surface area contributed by atoms with E-state index < -0.39 is 9.84 Å². The van der Waals surface area contributed by atoms with E-state index in [1.807, 2.05) is 0 Å². The van der Waals surface area contributed by atoms with E-state index in [9.17, 15) is 8.42 Å². The first-order valence-electron chi connectivity index (χ1n) is 6.19. The average Bonchev–Trinajstić information content (AvgIpc) is 2.79. The Morgan fingerprint density at radius 3 is 2.33 bits per heavy atom. The van der Waals surface area contributed by atoms with Crippen LogP contribution in [0.1, 0.15) is 0 Å². The number of fused-ring (bicyclic) bond motifs is 1. The minimum atomic E-state index is -3.25. The molecule has 21 heavy (non-hydrogen) atoms. The molecule has 0 fully saturated rings. The van der Waals surface area contributed by atoms with Crippen LogP contribution in [0.25, 0.3) is 22.4 Å². The Morgan fingerprint density at radius 1 is 1.05 bits per heavy atom. The number of nitrogens with zero attached hydrogens (tertiary/aromatic N) is 1. The molecule has 7 heteroatoms. The van der Waals surface area contributed by atoms with E-state index in [1.165, 1.54) is 12.3 Å². The highest BCUT2D eigenvalue weighted by atomic mass is 32.2. The molecule has 3 rings (SSSR count). The Morgan fingerprint density at radius 2 is 1.71 bits per heavy atom. The summed E-state index contributed by atoms with van der Waals surface area (Å²) in [5.74, 6) is 0.592. The van der Waals surface area contributed by atoms with E-state index in [0.29, 0.717) is 28.2 Å². The molecule has 0 aliphatic carbocycles. The first-order valence-corrected chi connectivity index (χ1v) is 8.08. The van der Waals surface area contributed by atoms with Gasteiger partial charge in [-0.25, -0.2) is 13.4 Å². The molecule has 3 aromatic rings. The molecule has 0 saturated heterocycles. The highest BCUT2D eigenvalue weighted by Gasteiger charge is 2.11. The fourth-order valence-corrected chi connectivity index (χ4v) is 2.82. The molecular formula is C14H14N4O2S. The van der Waals surface area contributed by atoms with Gasteiger partial charge in [-0.15, -0.1) is 0 Å². The number of aromatic nitrogens is 2. The van der Waals surface area contributed by atoms with Crippen molar-refractivity contribution in [2.24, 2.45) is 0 Å². The third-order valence-electron chi connectivity index (χ3n) is 3.13. The quantitative estimate of drug-likeness (QED) is 0.624. The fraction of sp³-hybridized carbons (Fsp3) is 0.0714. The summed E-state index contributed by atoms with van der Waals surface area (Å²) in [5.41, 5.74) is 14.7. The van der Waals surface area contributed by atoms with Gasteiger partial charge in [-0.05, 0) is 36.4 Å². The van der Waals surface area contributed by atoms with Gasteiger partial charge >= 0.3 is 0 Å². The number of hydrogen-bond donors (Lipinski definition) is 3. The van der Waals surface area contributed by atoms with E-state index in [4.69, 9.17) is 11.5 Å². The number of nitrogens with two attached hydrogens (primary N) is 2. The van der Waals surface area contributed by atoms with Gasteiger partial charge in [-0.3, -0.25) is 0 Å². The lowest BCUT2D eigenvalue weighted by atomic mass is 10.1. The van der Waals surface area contributed by atoms with Gasteiger partial charge in [-0.1, -0.05) is 0 Å². The number of aromatic amines is 1. The second-order valence-electron chi connectivity index (χ2n) is 4.92. The number of imidazole rings is 1. The molecule has 0 aliphatic rings. The molecule has 0 radical (unpaired) electrons. The summed E-state index contributed by atoms with van der Waals surface area (Å²) in [7, 11) is -3.25. The fourth-order valence-electron chi connectivity index (χ4n) is 2.17. The number of H-pyrrole nitrogens is 1. The summed E-state index contributed by atoms with van der Waals surface area (Å²) in [6.07, 6.45) is 1.17. The molecule has 0 amide bonds. The summed E-state index contributed by atoms with van der Waals surface area (Å²) < 4.78 is 23.2. The molecule has 1 heterocycles. The first-order chi connectivity index (χ1) is 9.83. The SMILES string of the molecule is CS(=O)(=O)c1ccc2nc(-c3cc(N)cc(N)c3)[nH]c2c1. The standard InChI is InChI=1S/C14H14N4O2S/c1-21(19,20)11-2-3-12-13(7-11)18-14(17-12)8-4-9(15)6-10(16)5-8/h2-7H,15-16H2,1H3,(H,17,18). The zero-order valence-corrected chi connectivity index (χ0v) is 12.1. The molecule has 0 aliphatic heterocycles. The van der Waals surface area contributed by atoms with Crippen LogP contribution in [0.5, 0.6) is 0 Å². The molecule has 0 saturated carbocycles. The van der Waals surface area contributed by atoms with E-state index in [1.54, 1.807) is 30.3 Å². The summed E-state index contributed by atoms with van der Waals surface area (Å²) in [6.45, 7) is 0. The predicted octanol–water partition coefficient (Wildman–Crippen LogP) is 1.80. The second-order valence-corrected chi connectivity index (χ2v) is 6.94. The van der Waals surface area contributed by atoms with Crippen LogP contribution in [0.2, 0.25) is 0 Å². The van der Waals surface area contributed by atoms with Gasteiger partial charge in [0, 0.05) is 23.2 Å². The second kappa shape index (κ2) is 4.49. The number of rotatable bonds is 2. The number of nitrogens with one attached hydrogen (secondary N) is 1. The van der Waals surface area contributed by atoms with Gasteiger partial charge in [0.25, 0.3) is 0 Å². The topological polar surface area (TPSA) is 115 Å². The van der Waals surface area contributed by atoms with E-state index >= 15 is 0 Å². The lowest BCUT2D eigenvalue weighted by molar-refractivity contribution is 0.602. The number of sulfone groups is 1. The molecule has 108 valence electrons. The van der Waals surface area contributed by atoms with Crippen LogP contribution in [0.3, 0.4) is 0 Å². The number of nitrogen functional groups attached to an aromatic ring is 2. The summed E-state index contributed by atoms with van der Waals surface area (Å²) in [4.78, 5) is 7.77. The summed E-state index contributed by atoms with van der Waals surface area (Å²) in [5, 5.41) is 0. The Hall–Kier alpha value is -2.54. The van der Waals surface area contributed by atoms with Crippen molar-refractivity contribution in [2.75, 3.05) is 17.7 Å². The molecule has 1 aromatic heterocycles. The smallest absolute Gasteiger partial charge is 0.175 e. The number of benzene rings is 2. The maximum Gasteiger partial charge on any atom is 0.175 e. The van der Waals surface area contributed by atoms with Gasteiger partial charge in [0.1, 0.15) is 5.82 Å². The zero-order chi connectivity index (χ0) is 15.2. The van der Waals surface area contributed by atoms with Crippen LogP contribution in [0.4, 0.5) is 11.4 Å². The van der Waals surface area contributed by atoms with Crippen molar-refractivity contribution in [1.29, 1.82) is 0 Å². The van der Waals surface area contributed by atoms with Crippen LogP contribution < -0.4 is 11.5 Å². The zero-order valence-electron chi connectivity index (χ0n) is 11.3. The average molecular weight is 302 g/mol. The van der Waals surface area contributed by atoms with Crippen molar-refractivity contribution in [3.8, 4) is 11.4 Å². The number of anilines is 2. The molecule has 0 atom stereocenters. The molecule has 0 bridgehead atoms. The first kappa shape index (κ1) is 13.4. The van der Waals surface area contributed by atoms with Gasteiger partial charge in [0.15, 0.2) is 9.84 Å². The van der Waals surface area contributed by atoms with Crippen molar-refractivity contribution < 1.29 is 8.42 Å². The molecular weight excluding hydrogens is 288 g/mol. The third-order valence-corrected chi connectivity index (χ3v) is 4.24. The Labute approximate surface area is 121 Å². The molecule has 2 aromatic carbocycles. The normalized spacial score (nSPS) is 11.9. The van der Waals surface area contributed by atoms with Gasteiger partial charge in [-0.2, -0.15) is 0 Å². The summed E-state index contributed by atoms with van der Waals surface area (Å²) in [6, 6.07) is 9.94. The molecule has 5 N–H and O–H groups in total. The molecule has 0 unspecified atom stereocenters. The minimum absolute atomic E-state index is 0.247. The maximum absolute atomic E-state index is 11.6. The Bertz CT molecular complexity index is 925. The molecule has 6 nitrogen and oxygen atoms in total. The van der Waals surface area contributed by atoms with E-state index in [-0.39, 0.29) is 4.90 Å². The summed E-state index contributed by atoms with van der Waals surface area (Å²) >= 11 is 0. The third kappa shape index (κ3) is 2.55. The molecule has 0 spiro atoms. The lowest BCUT2D eigenvalue weighted by Crippen LogP contribution is -1.96. The lowest BCUT2D eigenvalue weighted by Gasteiger charge is -2.01. The van der Waals surface area contributed by atoms with E-state index in [2.05, 4.69) is 9.97 Å². The maximum atomic E-state index is 11.6. The van der Waals surface area contributed by atoms with Crippen molar-refractivity contribution in [2.45, 2.75) is 4.90 Å². The number of hydrogen-bond acceptors (Lipinski definition) is 5. The van der Waals surface area contributed by atoms with Crippen LogP contribution in [-0.4, -0.2) is 24.6 Å². The Balaban J connectivity index is 2.17. The van der Waals surface area contributed by atoms with Crippen LogP contribution >= 0.6 is 0 Å². The van der Waals surface area contributed by atoms with Crippen molar-refractivity contribution in [3.63, 3.8) is 0 Å². The monoisotopic (exact) mass is 302 g/mol. The minimum Gasteiger partial charge on any atom is -0.399 e. The van der Waals surface area contributed by atoms with Crippen molar-refractivity contribution >= 4 is 32.2 Å². The van der Waals surface area contributed by atoms with Crippen LogP contribution in [0, 0.1) is 0 Å².